The Balaban J connectivity index is 1.43. The summed E-state index contributed by atoms with van der Waals surface area (Å²) in [6.45, 7) is 9.75. The Hall–Kier alpha value is -1.55. The molecule has 1 amide bonds. The van der Waals surface area contributed by atoms with Gasteiger partial charge in [0.25, 0.3) is 0 Å². The molecule has 0 aliphatic heterocycles. The molecule has 2 aromatic rings. The molecule has 3 nitrogen and oxygen atoms in total. The molecule has 1 aromatic carbocycles. The van der Waals surface area contributed by atoms with Crippen LogP contribution in [0.2, 0.25) is 0 Å². The molecule has 4 heteroatoms. The number of carbonyl (C=O) groups excluding carboxylic acids is 1. The van der Waals surface area contributed by atoms with Gasteiger partial charge in [-0.2, -0.15) is 0 Å². The molecule has 0 saturated carbocycles. The van der Waals surface area contributed by atoms with Gasteiger partial charge in [0.05, 0.1) is 0 Å². The molecule has 0 unspecified atom stereocenters. The van der Waals surface area contributed by atoms with Crippen molar-refractivity contribution in [2.45, 2.75) is 168 Å². The zero-order chi connectivity index (χ0) is 30.1. The van der Waals surface area contributed by atoms with Crippen molar-refractivity contribution in [1.82, 2.24) is 5.32 Å². The zero-order valence-electron chi connectivity index (χ0n) is 28.0. The molecule has 0 bridgehead atoms. The minimum Gasteiger partial charge on any atom is -0.372 e. The number of nitrogens with one attached hydrogen (secondary N) is 1. The van der Waals surface area contributed by atoms with Crippen LogP contribution in [0, 0.1) is 0 Å². The van der Waals surface area contributed by atoms with Crippen molar-refractivity contribution in [3.8, 4) is 0 Å². The first-order valence-electron chi connectivity index (χ1n) is 18.2. The van der Waals surface area contributed by atoms with Crippen LogP contribution in [0.4, 0.5) is 5.69 Å². The standard InChI is InChI=1S/C38H66N2OS/c1-4-7-8-9-10-11-12-13-14-15-16-17-18-19-20-21-22-23-24-25-38(41)39-29-28-34-33-42-37-27-26-35(32-36(34)37)40(30-5-2)31-6-3/h26-27,32-33H,4-25,28-31H2,1-3H3,(H,39,41). The number of unbranched alkanes of at least 4 members (excludes halogenated alkanes) is 18. The number of anilines is 1. The smallest absolute Gasteiger partial charge is 0.220 e. The predicted molar refractivity (Wildman–Crippen MR) is 189 cm³/mol. The molecule has 0 saturated heterocycles. The van der Waals surface area contributed by atoms with Crippen LogP contribution in [-0.2, 0) is 11.2 Å². The van der Waals surface area contributed by atoms with Crippen LogP contribution in [0.3, 0.4) is 0 Å². The molecule has 0 aliphatic rings. The average molecular weight is 599 g/mol. The van der Waals surface area contributed by atoms with Crippen molar-refractivity contribution in [2.24, 2.45) is 0 Å². The summed E-state index contributed by atoms with van der Waals surface area (Å²) < 4.78 is 1.35. The molecule has 42 heavy (non-hydrogen) atoms. The summed E-state index contributed by atoms with van der Waals surface area (Å²) in [5, 5.41) is 6.82. The fraction of sp³-hybridized carbons (Fsp3) is 0.763. The fourth-order valence-electron chi connectivity index (χ4n) is 6.16. The normalized spacial score (nSPS) is 11.4. The van der Waals surface area contributed by atoms with Crippen molar-refractivity contribution >= 4 is 33.0 Å². The van der Waals surface area contributed by atoms with Gasteiger partial charge in [-0.1, -0.05) is 136 Å². The Morgan fingerprint density at radius 2 is 1.17 bits per heavy atom. The molecule has 1 N–H and O–H groups in total. The van der Waals surface area contributed by atoms with Gasteiger partial charge in [-0.05, 0) is 60.2 Å². The fourth-order valence-corrected chi connectivity index (χ4v) is 7.14. The predicted octanol–water partition coefficient (Wildman–Crippen LogP) is 12.0. The first kappa shape index (κ1) is 36.6. The summed E-state index contributed by atoms with van der Waals surface area (Å²) in [4.78, 5) is 14.9. The van der Waals surface area contributed by atoms with Gasteiger partial charge in [0.2, 0.25) is 5.91 Å². The van der Waals surface area contributed by atoms with E-state index < -0.39 is 0 Å². The second-order valence-electron chi connectivity index (χ2n) is 12.6. The van der Waals surface area contributed by atoms with Crippen molar-refractivity contribution < 1.29 is 4.79 Å². The highest BCUT2D eigenvalue weighted by Gasteiger charge is 2.10. The lowest BCUT2D eigenvalue weighted by molar-refractivity contribution is -0.121. The third kappa shape index (κ3) is 16.3. The Morgan fingerprint density at radius 3 is 1.67 bits per heavy atom. The van der Waals surface area contributed by atoms with Crippen LogP contribution in [0.15, 0.2) is 23.6 Å². The summed E-state index contributed by atoms with van der Waals surface area (Å²) in [7, 11) is 0. The van der Waals surface area contributed by atoms with Gasteiger partial charge >= 0.3 is 0 Å². The van der Waals surface area contributed by atoms with E-state index >= 15 is 0 Å². The minimum atomic E-state index is 0.222. The number of fused-ring (bicyclic) bond motifs is 1. The van der Waals surface area contributed by atoms with E-state index in [1.165, 1.54) is 150 Å². The van der Waals surface area contributed by atoms with Crippen LogP contribution in [0.5, 0.6) is 0 Å². The quantitative estimate of drug-likeness (QED) is 0.0988. The van der Waals surface area contributed by atoms with Gasteiger partial charge in [-0.15, -0.1) is 11.3 Å². The van der Waals surface area contributed by atoms with Gasteiger partial charge in [0.1, 0.15) is 0 Å². The highest BCUT2D eigenvalue weighted by atomic mass is 32.1. The number of nitrogens with zero attached hydrogens (tertiary/aromatic N) is 1. The van der Waals surface area contributed by atoms with Gasteiger partial charge < -0.3 is 10.2 Å². The summed E-state index contributed by atoms with van der Waals surface area (Å²) in [6.07, 6.45) is 30.2. The van der Waals surface area contributed by atoms with E-state index in [0.29, 0.717) is 6.42 Å². The van der Waals surface area contributed by atoms with Gasteiger partial charge in [0.15, 0.2) is 0 Å². The summed E-state index contributed by atoms with van der Waals surface area (Å²) in [5.74, 6) is 0.222. The van der Waals surface area contributed by atoms with E-state index in [1.54, 1.807) is 0 Å². The number of benzene rings is 1. The van der Waals surface area contributed by atoms with E-state index in [9.17, 15) is 4.79 Å². The van der Waals surface area contributed by atoms with Crippen LogP contribution < -0.4 is 10.2 Å². The number of thiophene rings is 1. The number of hydrogen-bond acceptors (Lipinski definition) is 3. The van der Waals surface area contributed by atoms with E-state index in [2.05, 4.69) is 54.6 Å². The molecule has 0 spiro atoms. The Morgan fingerprint density at radius 1 is 0.667 bits per heavy atom. The van der Waals surface area contributed by atoms with Crippen molar-refractivity contribution in [3.63, 3.8) is 0 Å². The zero-order valence-corrected chi connectivity index (χ0v) is 28.8. The monoisotopic (exact) mass is 598 g/mol. The number of rotatable bonds is 28. The second kappa shape index (κ2) is 24.8. The maximum Gasteiger partial charge on any atom is 0.220 e. The van der Waals surface area contributed by atoms with Crippen molar-refractivity contribution in [3.05, 3.63) is 29.1 Å². The third-order valence-corrected chi connectivity index (χ3v) is 9.73. The average Bonchev–Trinajstić information content (AvgIpc) is 3.40. The summed E-state index contributed by atoms with van der Waals surface area (Å²) >= 11 is 1.82. The Kier molecular flexibility index (Phi) is 21.7. The highest BCUT2D eigenvalue weighted by Crippen LogP contribution is 2.30. The van der Waals surface area contributed by atoms with E-state index in [0.717, 1.165) is 32.5 Å². The first-order valence-corrected chi connectivity index (χ1v) is 19.1. The molecule has 0 fully saturated rings. The van der Waals surface area contributed by atoms with Crippen LogP contribution in [-0.4, -0.2) is 25.5 Å². The lowest BCUT2D eigenvalue weighted by atomic mass is 10.0. The molecule has 1 heterocycles. The molecule has 240 valence electrons. The van der Waals surface area contributed by atoms with Crippen LogP contribution in [0.25, 0.3) is 10.1 Å². The molecule has 0 atom stereocenters. The number of amides is 1. The van der Waals surface area contributed by atoms with Gasteiger partial charge in [-0.25, -0.2) is 0 Å². The largest absolute Gasteiger partial charge is 0.372 e. The maximum absolute atomic E-state index is 12.4. The lowest BCUT2D eigenvalue weighted by Gasteiger charge is -2.24. The van der Waals surface area contributed by atoms with Crippen LogP contribution >= 0.6 is 11.3 Å². The summed E-state index contributed by atoms with van der Waals surface area (Å²) in [6, 6.07) is 6.91. The molecule has 0 radical (unpaired) electrons. The van der Waals surface area contributed by atoms with E-state index in [-0.39, 0.29) is 5.91 Å². The van der Waals surface area contributed by atoms with Crippen LogP contribution in [0.1, 0.15) is 168 Å². The molecule has 0 aliphatic carbocycles. The molecule has 2 rings (SSSR count). The van der Waals surface area contributed by atoms with Gasteiger partial charge in [-0.3, -0.25) is 4.79 Å². The first-order chi connectivity index (χ1) is 20.7. The van der Waals surface area contributed by atoms with Crippen molar-refractivity contribution in [1.29, 1.82) is 0 Å². The Labute approximate surface area is 264 Å². The SMILES string of the molecule is CCCCCCCCCCCCCCCCCCCCCC(=O)NCCc1csc2ccc(N(CCC)CCC)cc12. The van der Waals surface area contributed by atoms with Gasteiger partial charge in [0, 0.05) is 36.4 Å². The second-order valence-corrected chi connectivity index (χ2v) is 13.6. The highest BCUT2D eigenvalue weighted by molar-refractivity contribution is 7.17. The summed E-state index contributed by atoms with van der Waals surface area (Å²) in [5.41, 5.74) is 2.70. The third-order valence-electron chi connectivity index (χ3n) is 8.71. The lowest BCUT2D eigenvalue weighted by Crippen LogP contribution is -2.25. The molecule has 1 aromatic heterocycles. The molecular formula is C38H66N2OS. The van der Waals surface area contributed by atoms with E-state index in [4.69, 9.17) is 0 Å². The maximum atomic E-state index is 12.4. The van der Waals surface area contributed by atoms with E-state index in [1.807, 2.05) is 11.3 Å². The number of carbonyl (C=O) groups is 1. The molecular weight excluding hydrogens is 532 g/mol. The van der Waals surface area contributed by atoms with Crippen molar-refractivity contribution in [2.75, 3.05) is 24.5 Å². The number of hydrogen-bond donors (Lipinski definition) is 1. The Bertz CT molecular complexity index is 917. The minimum absolute atomic E-state index is 0.222. The topological polar surface area (TPSA) is 32.3 Å².